The fourth-order valence-corrected chi connectivity index (χ4v) is 6.32. The number of benzene rings is 4. The average molecular weight is 670 g/mol. The smallest absolute Gasteiger partial charge is 0.352 e. The number of carbonyl (C=O) groups excluding carboxylic acids is 2. The van der Waals surface area contributed by atoms with Crippen molar-refractivity contribution in [1.29, 1.82) is 0 Å². The molecule has 2 atom stereocenters. The lowest BCUT2D eigenvalue weighted by molar-refractivity contribution is -0.140. The van der Waals surface area contributed by atoms with Crippen molar-refractivity contribution >= 4 is 27.5 Å². The Hall–Kier alpha value is -4.71. The van der Waals surface area contributed by atoms with Gasteiger partial charge in [0, 0.05) is 24.6 Å². The highest BCUT2D eigenvalue weighted by molar-refractivity contribution is 7.92. The van der Waals surface area contributed by atoms with E-state index in [1.165, 1.54) is 42.5 Å². The van der Waals surface area contributed by atoms with E-state index in [0.717, 1.165) is 23.1 Å². The first-order valence-corrected chi connectivity index (χ1v) is 16.4. The Balaban J connectivity index is 1.85. The largest absolute Gasteiger partial charge is 0.416 e. The molecule has 12 heteroatoms. The molecule has 4 rings (SSSR count). The number of sulfonamides is 1. The second-order valence-electron chi connectivity index (χ2n) is 11.0. The molecule has 47 heavy (non-hydrogen) atoms. The minimum Gasteiger partial charge on any atom is -0.352 e. The number of nitrogens with zero attached hydrogens (tertiary/aromatic N) is 2. The van der Waals surface area contributed by atoms with Crippen LogP contribution in [0.25, 0.3) is 0 Å². The molecular weight excluding hydrogens is 634 g/mol. The van der Waals surface area contributed by atoms with Crippen LogP contribution in [0.4, 0.5) is 23.2 Å². The number of amides is 2. The Morgan fingerprint density at radius 2 is 1.47 bits per heavy atom. The fraction of sp³-hybridized carbons (Fsp3) is 0.257. The van der Waals surface area contributed by atoms with Crippen LogP contribution in [0.1, 0.15) is 37.0 Å². The molecule has 4 aromatic rings. The zero-order valence-electron chi connectivity index (χ0n) is 25.8. The lowest BCUT2D eigenvalue weighted by Crippen LogP contribution is -2.54. The molecule has 7 nitrogen and oxygen atoms in total. The van der Waals surface area contributed by atoms with Gasteiger partial charge in [0.15, 0.2) is 0 Å². The van der Waals surface area contributed by atoms with E-state index in [4.69, 9.17) is 0 Å². The molecule has 0 aliphatic rings. The Labute approximate surface area is 271 Å². The molecule has 0 heterocycles. The van der Waals surface area contributed by atoms with Gasteiger partial charge >= 0.3 is 6.18 Å². The standard InChI is InChI=1S/C35H35F4N3O4S/c1-3-25(2)40-34(44)32(21-26-13-6-4-7-14-26)41(23-27-15-10-11-20-31(27)36)33(43)24-42(47(45,46)30-18-8-5-9-19-30)29-17-12-16-28(22-29)35(37,38)39/h4-20,22,25,32H,3,21,23-24H2,1-2H3,(H,40,44)/t25-,32+/m0/s1. The normalized spacial score (nSPS) is 13.0. The van der Waals surface area contributed by atoms with E-state index in [1.54, 1.807) is 49.4 Å². The lowest BCUT2D eigenvalue weighted by Gasteiger charge is -2.34. The van der Waals surface area contributed by atoms with Gasteiger partial charge in [-0.2, -0.15) is 13.2 Å². The molecule has 248 valence electrons. The van der Waals surface area contributed by atoms with Crippen LogP contribution in [0.15, 0.2) is 114 Å². The zero-order chi connectivity index (χ0) is 34.2. The molecule has 0 fully saturated rings. The van der Waals surface area contributed by atoms with E-state index in [1.807, 2.05) is 6.92 Å². The Bertz CT molecular complexity index is 1770. The molecule has 0 aliphatic heterocycles. The summed E-state index contributed by atoms with van der Waals surface area (Å²) in [5, 5.41) is 2.87. The Morgan fingerprint density at radius 3 is 2.09 bits per heavy atom. The monoisotopic (exact) mass is 669 g/mol. The number of nitrogens with one attached hydrogen (secondary N) is 1. The quantitative estimate of drug-likeness (QED) is 0.163. The Kier molecular flexibility index (Phi) is 11.4. The van der Waals surface area contributed by atoms with Crippen LogP contribution in [0.3, 0.4) is 0 Å². The van der Waals surface area contributed by atoms with E-state index < -0.39 is 64.2 Å². The summed E-state index contributed by atoms with van der Waals surface area (Å²) in [4.78, 5) is 29.0. The second-order valence-corrected chi connectivity index (χ2v) is 12.9. The summed E-state index contributed by atoms with van der Waals surface area (Å²) in [7, 11) is -4.61. The van der Waals surface area contributed by atoms with E-state index in [2.05, 4.69) is 5.32 Å². The fourth-order valence-electron chi connectivity index (χ4n) is 4.89. The number of hydrogen-bond donors (Lipinski definition) is 1. The summed E-state index contributed by atoms with van der Waals surface area (Å²) in [6.45, 7) is 2.25. The van der Waals surface area contributed by atoms with Crippen LogP contribution in [-0.2, 0) is 38.8 Å². The number of rotatable bonds is 13. The number of alkyl halides is 3. The first-order chi connectivity index (χ1) is 22.3. The van der Waals surface area contributed by atoms with E-state index in [9.17, 15) is 31.2 Å². The second kappa shape index (κ2) is 15.3. The third kappa shape index (κ3) is 8.97. The highest BCUT2D eigenvalue weighted by Crippen LogP contribution is 2.33. The summed E-state index contributed by atoms with van der Waals surface area (Å²) in [5.41, 5.74) is -0.790. The van der Waals surface area contributed by atoms with E-state index in [0.29, 0.717) is 22.4 Å². The summed E-state index contributed by atoms with van der Waals surface area (Å²) in [6.07, 6.45) is -4.23. The van der Waals surface area contributed by atoms with Crippen LogP contribution in [0.2, 0.25) is 0 Å². The van der Waals surface area contributed by atoms with Gasteiger partial charge in [0.25, 0.3) is 10.0 Å². The number of halogens is 4. The van der Waals surface area contributed by atoms with Gasteiger partial charge in [-0.3, -0.25) is 13.9 Å². The van der Waals surface area contributed by atoms with Crippen molar-refractivity contribution in [2.45, 2.75) is 56.4 Å². The lowest BCUT2D eigenvalue weighted by atomic mass is 10.0. The molecule has 0 saturated carbocycles. The van der Waals surface area contributed by atoms with Crippen molar-refractivity contribution in [1.82, 2.24) is 10.2 Å². The number of carbonyl (C=O) groups is 2. The van der Waals surface area contributed by atoms with Crippen molar-refractivity contribution in [3.63, 3.8) is 0 Å². The van der Waals surface area contributed by atoms with Crippen molar-refractivity contribution in [2.75, 3.05) is 10.8 Å². The van der Waals surface area contributed by atoms with E-state index >= 15 is 4.39 Å². The zero-order valence-corrected chi connectivity index (χ0v) is 26.6. The molecule has 0 aromatic heterocycles. The summed E-state index contributed by atoms with van der Waals surface area (Å²) in [5.74, 6) is -2.13. The molecule has 0 radical (unpaired) electrons. The highest BCUT2D eigenvalue weighted by atomic mass is 32.2. The van der Waals surface area contributed by atoms with Gasteiger partial charge in [-0.05, 0) is 55.3 Å². The molecule has 0 saturated heterocycles. The van der Waals surface area contributed by atoms with Crippen LogP contribution in [0.5, 0.6) is 0 Å². The van der Waals surface area contributed by atoms with Gasteiger partial charge < -0.3 is 10.2 Å². The van der Waals surface area contributed by atoms with Gasteiger partial charge in [-0.25, -0.2) is 12.8 Å². The SMILES string of the molecule is CC[C@H](C)NC(=O)[C@@H](Cc1ccccc1)N(Cc1ccccc1F)C(=O)CN(c1cccc(C(F)(F)F)c1)S(=O)(=O)c1ccccc1. The molecule has 1 N–H and O–H groups in total. The number of anilines is 1. The van der Waals surface area contributed by atoms with Crippen molar-refractivity contribution in [3.8, 4) is 0 Å². The highest BCUT2D eigenvalue weighted by Gasteiger charge is 2.37. The topological polar surface area (TPSA) is 86.8 Å². The summed E-state index contributed by atoms with van der Waals surface area (Å²) < 4.78 is 84.8. The van der Waals surface area contributed by atoms with Gasteiger partial charge in [0.05, 0.1) is 16.1 Å². The maximum Gasteiger partial charge on any atom is 0.416 e. The molecule has 0 spiro atoms. The van der Waals surface area contributed by atoms with Crippen LogP contribution in [0, 0.1) is 5.82 Å². The van der Waals surface area contributed by atoms with Crippen LogP contribution >= 0.6 is 0 Å². The maximum absolute atomic E-state index is 15.0. The first-order valence-electron chi connectivity index (χ1n) is 14.9. The third-order valence-corrected chi connectivity index (χ3v) is 9.43. The maximum atomic E-state index is 15.0. The van der Waals surface area contributed by atoms with Gasteiger partial charge in [0.2, 0.25) is 11.8 Å². The van der Waals surface area contributed by atoms with Crippen LogP contribution < -0.4 is 9.62 Å². The van der Waals surface area contributed by atoms with Crippen molar-refractivity contribution in [2.24, 2.45) is 0 Å². The average Bonchev–Trinajstić information content (AvgIpc) is 3.06. The summed E-state index contributed by atoms with van der Waals surface area (Å²) in [6, 6.07) is 23.5. The molecule has 2 amide bonds. The van der Waals surface area contributed by atoms with E-state index in [-0.39, 0.29) is 22.9 Å². The third-order valence-electron chi connectivity index (χ3n) is 7.64. The molecule has 4 aromatic carbocycles. The molecular formula is C35H35F4N3O4S. The number of hydrogen-bond acceptors (Lipinski definition) is 4. The molecule has 0 aliphatic carbocycles. The van der Waals surface area contributed by atoms with Gasteiger partial charge in [-0.1, -0.05) is 79.7 Å². The predicted molar refractivity (Wildman–Crippen MR) is 171 cm³/mol. The van der Waals surface area contributed by atoms with Crippen molar-refractivity contribution < 1.29 is 35.6 Å². The molecule has 0 unspecified atom stereocenters. The van der Waals surface area contributed by atoms with Gasteiger partial charge in [0.1, 0.15) is 18.4 Å². The minimum absolute atomic E-state index is 0.00169. The predicted octanol–water partition coefficient (Wildman–Crippen LogP) is 6.59. The minimum atomic E-state index is -4.80. The summed E-state index contributed by atoms with van der Waals surface area (Å²) >= 11 is 0. The van der Waals surface area contributed by atoms with Crippen molar-refractivity contribution in [3.05, 3.63) is 132 Å². The first kappa shape index (κ1) is 35.1. The molecule has 0 bridgehead atoms. The Morgan fingerprint density at radius 1 is 0.851 bits per heavy atom. The van der Waals surface area contributed by atoms with Gasteiger partial charge in [-0.15, -0.1) is 0 Å². The van der Waals surface area contributed by atoms with Crippen LogP contribution in [-0.4, -0.2) is 43.8 Å².